The minimum atomic E-state index is -0.486. The van der Waals surface area contributed by atoms with Crippen molar-refractivity contribution in [2.75, 3.05) is 0 Å². The van der Waals surface area contributed by atoms with Crippen LogP contribution in [0.1, 0.15) is 44.5 Å². The van der Waals surface area contributed by atoms with Gasteiger partial charge in [0.05, 0.1) is 0 Å². The Morgan fingerprint density at radius 3 is 2.87 bits per heavy atom. The molecule has 3 unspecified atom stereocenters. The first-order chi connectivity index (χ1) is 7.16. The monoisotopic (exact) mass is 228 g/mol. The van der Waals surface area contributed by atoms with Crippen molar-refractivity contribution in [1.82, 2.24) is 0 Å². The van der Waals surface area contributed by atoms with E-state index in [9.17, 15) is 5.11 Å². The van der Waals surface area contributed by atoms with Gasteiger partial charge in [-0.25, -0.2) is 0 Å². The first-order valence-corrected chi connectivity index (χ1v) is 5.98. The summed E-state index contributed by atoms with van der Waals surface area (Å²) in [7, 11) is 0. The van der Waals surface area contributed by atoms with Crippen molar-refractivity contribution < 1.29 is 9.52 Å². The summed E-state index contributed by atoms with van der Waals surface area (Å²) >= 11 is 5.69. The third kappa shape index (κ3) is 2.56. The second-order valence-corrected chi connectivity index (χ2v) is 4.99. The van der Waals surface area contributed by atoms with Crippen molar-refractivity contribution in [3.63, 3.8) is 0 Å². The molecule has 1 aliphatic rings. The van der Waals surface area contributed by atoms with Gasteiger partial charge in [0.25, 0.3) is 0 Å². The molecule has 0 radical (unpaired) electrons. The Hall–Kier alpha value is -0.470. The largest absolute Gasteiger partial charge is 0.447 e. The predicted molar refractivity (Wildman–Crippen MR) is 59.8 cm³/mol. The lowest BCUT2D eigenvalue weighted by molar-refractivity contribution is 0.0538. The molecule has 1 aromatic heterocycles. The summed E-state index contributed by atoms with van der Waals surface area (Å²) < 4.78 is 5.25. The van der Waals surface area contributed by atoms with E-state index >= 15 is 0 Å². The van der Waals surface area contributed by atoms with Crippen LogP contribution in [0.3, 0.4) is 0 Å². The van der Waals surface area contributed by atoms with E-state index in [-0.39, 0.29) is 0 Å². The summed E-state index contributed by atoms with van der Waals surface area (Å²) in [5, 5.41) is 10.5. The molecule has 1 heterocycles. The van der Waals surface area contributed by atoms with Crippen LogP contribution in [0.2, 0.25) is 5.22 Å². The van der Waals surface area contributed by atoms with Gasteiger partial charge in [-0.2, -0.15) is 0 Å². The van der Waals surface area contributed by atoms with Crippen LogP contribution in [0.15, 0.2) is 16.5 Å². The average Bonchev–Trinajstić information content (AvgIpc) is 2.64. The summed E-state index contributed by atoms with van der Waals surface area (Å²) in [4.78, 5) is 0. The van der Waals surface area contributed by atoms with Crippen LogP contribution < -0.4 is 0 Å². The normalized spacial score (nSPS) is 29.0. The number of hydrogen-bond acceptors (Lipinski definition) is 2. The maximum Gasteiger partial charge on any atom is 0.193 e. The highest BCUT2D eigenvalue weighted by Crippen LogP contribution is 2.37. The van der Waals surface area contributed by atoms with Gasteiger partial charge in [0, 0.05) is 0 Å². The third-order valence-electron chi connectivity index (χ3n) is 3.31. The van der Waals surface area contributed by atoms with Gasteiger partial charge in [-0.3, -0.25) is 0 Å². The maximum atomic E-state index is 10.1. The molecule has 3 atom stereocenters. The second kappa shape index (κ2) is 4.58. The second-order valence-electron chi connectivity index (χ2n) is 4.62. The molecule has 15 heavy (non-hydrogen) atoms. The zero-order valence-electron chi connectivity index (χ0n) is 8.95. The van der Waals surface area contributed by atoms with Gasteiger partial charge in [-0.1, -0.05) is 19.8 Å². The molecule has 0 saturated heterocycles. The Balaban J connectivity index is 2.03. The highest BCUT2D eigenvalue weighted by Gasteiger charge is 2.28. The Labute approximate surface area is 95.2 Å². The molecule has 84 valence electrons. The third-order valence-corrected chi connectivity index (χ3v) is 3.51. The van der Waals surface area contributed by atoms with Crippen LogP contribution in [0.25, 0.3) is 0 Å². The van der Waals surface area contributed by atoms with E-state index in [0.717, 1.165) is 12.8 Å². The number of aliphatic hydroxyl groups is 1. The molecular formula is C12H17ClO2. The van der Waals surface area contributed by atoms with E-state index < -0.39 is 6.10 Å². The van der Waals surface area contributed by atoms with E-state index in [1.54, 1.807) is 12.1 Å². The lowest BCUT2D eigenvalue weighted by Gasteiger charge is -2.29. The predicted octanol–water partition coefficient (Wildman–Crippen LogP) is 3.79. The SMILES string of the molecule is CC1CCCC(C(O)c2ccc(Cl)o2)C1. The minimum Gasteiger partial charge on any atom is -0.447 e. The lowest BCUT2D eigenvalue weighted by atomic mass is 9.79. The highest BCUT2D eigenvalue weighted by atomic mass is 35.5. The van der Waals surface area contributed by atoms with Crippen LogP contribution >= 0.6 is 11.6 Å². The highest BCUT2D eigenvalue weighted by molar-refractivity contribution is 6.28. The molecular weight excluding hydrogens is 212 g/mol. The molecule has 1 fully saturated rings. The molecule has 2 rings (SSSR count). The Bertz CT molecular complexity index is 321. The van der Waals surface area contributed by atoms with Crippen molar-refractivity contribution in [3.05, 3.63) is 23.1 Å². The molecule has 1 N–H and O–H groups in total. The topological polar surface area (TPSA) is 33.4 Å². The van der Waals surface area contributed by atoms with Crippen molar-refractivity contribution in [2.45, 2.75) is 38.7 Å². The number of halogens is 1. The van der Waals surface area contributed by atoms with E-state index in [1.807, 2.05) is 0 Å². The average molecular weight is 229 g/mol. The van der Waals surface area contributed by atoms with Gasteiger partial charge < -0.3 is 9.52 Å². The van der Waals surface area contributed by atoms with Crippen LogP contribution in [0.5, 0.6) is 0 Å². The Morgan fingerprint density at radius 1 is 1.47 bits per heavy atom. The molecule has 0 aliphatic heterocycles. The Morgan fingerprint density at radius 2 is 2.27 bits per heavy atom. The molecule has 0 aromatic carbocycles. The number of furan rings is 1. The number of aliphatic hydroxyl groups excluding tert-OH is 1. The zero-order valence-corrected chi connectivity index (χ0v) is 9.70. The minimum absolute atomic E-state index is 0.330. The van der Waals surface area contributed by atoms with E-state index in [1.165, 1.54) is 12.8 Å². The molecule has 1 aliphatic carbocycles. The molecule has 1 aromatic rings. The summed E-state index contributed by atoms with van der Waals surface area (Å²) in [6.07, 6.45) is 4.17. The molecule has 2 nitrogen and oxygen atoms in total. The lowest BCUT2D eigenvalue weighted by Crippen LogP contribution is -2.19. The number of rotatable bonds is 2. The van der Waals surface area contributed by atoms with Gasteiger partial charge in [-0.15, -0.1) is 0 Å². The van der Waals surface area contributed by atoms with Gasteiger partial charge in [0.1, 0.15) is 11.9 Å². The fourth-order valence-corrected chi connectivity index (χ4v) is 2.64. The standard InChI is InChI=1S/C12H17ClO2/c1-8-3-2-4-9(7-8)12(14)10-5-6-11(13)15-10/h5-6,8-9,12,14H,2-4,7H2,1H3. The van der Waals surface area contributed by atoms with Gasteiger partial charge >= 0.3 is 0 Å². The van der Waals surface area contributed by atoms with E-state index in [2.05, 4.69) is 6.92 Å². The molecule has 1 saturated carbocycles. The first-order valence-electron chi connectivity index (χ1n) is 5.60. The molecule has 3 heteroatoms. The Kier molecular flexibility index (Phi) is 3.37. The van der Waals surface area contributed by atoms with Gasteiger partial charge in [0.15, 0.2) is 5.22 Å². The van der Waals surface area contributed by atoms with Crippen molar-refractivity contribution in [2.24, 2.45) is 11.8 Å². The fraction of sp³-hybridized carbons (Fsp3) is 0.667. The van der Waals surface area contributed by atoms with E-state index in [0.29, 0.717) is 22.8 Å². The smallest absolute Gasteiger partial charge is 0.193 e. The maximum absolute atomic E-state index is 10.1. The van der Waals surface area contributed by atoms with Gasteiger partial charge in [0.2, 0.25) is 0 Å². The first kappa shape index (κ1) is 11.0. The van der Waals surface area contributed by atoms with Crippen LogP contribution in [0, 0.1) is 11.8 Å². The fourth-order valence-electron chi connectivity index (χ4n) is 2.49. The van der Waals surface area contributed by atoms with Crippen molar-refractivity contribution in [1.29, 1.82) is 0 Å². The summed E-state index contributed by atoms with van der Waals surface area (Å²) in [5.74, 6) is 1.65. The summed E-state index contributed by atoms with van der Waals surface area (Å²) in [6, 6.07) is 3.46. The molecule has 0 amide bonds. The van der Waals surface area contributed by atoms with Crippen LogP contribution in [-0.2, 0) is 0 Å². The van der Waals surface area contributed by atoms with Crippen molar-refractivity contribution in [3.8, 4) is 0 Å². The summed E-state index contributed by atoms with van der Waals surface area (Å²) in [6.45, 7) is 2.24. The van der Waals surface area contributed by atoms with Crippen molar-refractivity contribution >= 4 is 11.6 Å². The van der Waals surface area contributed by atoms with Gasteiger partial charge in [-0.05, 0) is 48.4 Å². The van der Waals surface area contributed by atoms with E-state index in [4.69, 9.17) is 16.0 Å². The molecule has 0 spiro atoms. The quantitative estimate of drug-likeness (QED) is 0.836. The van der Waals surface area contributed by atoms with Crippen LogP contribution in [0.4, 0.5) is 0 Å². The zero-order chi connectivity index (χ0) is 10.8. The van der Waals surface area contributed by atoms with Crippen LogP contribution in [-0.4, -0.2) is 5.11 Å². The molecule has 0 bridgehead atoms. The number of hydrogen-bond donors (Lipinski definition) is 1. The summed E-state index contributed by atoms with van der Waals surface area (Å²) in [5.41, 5.74) is 0.